The van der Waals surface area contributed by atoms with Crippen molar-refractivity contribution in [3.05, 3.63) is 60.6 Å². The van der Waals surface area contributed by atoms with Crippen LogP contribution in [0.2, 0.25) is 0 Å². The highest BCUT2D eigenvalue weighted by Gasteiger charge is 2.20. The fraction of sp³-hybridized carbons (Fsp3) is 0.292. The molecule has 0 bridgehead atoms. The van der Waals surface area contributed by atoms with Crippen molar-refractivity contribution in [3.8, 4) is 11.3 Å². The van der Waals surface area contributed by atoms with Gasteiger partial charge >= 0.3 is 0 Å². The molecule has 0 atom stereocenters. The van der Waals surface area contributed by atoms with Crippen LogP contribution in [-0.4, -0.2) is 68.2 Å². The molecule has 3 N–H and O–H groups in total. The van der Waals surface area contributed by atoms with E-state index in [1.54, 1.807) is 24.5 Å². The third-order valence-corrected chi connectivity index (χ3v) is 7.36. The lowest BCUT2D eigenvalue weighted by molar-refractivity contribution is 0.122. The minimum Gasteiger partial charge on any atom is -0.378 e. The van der Waals surface area contributed by atoms with Crippen LogP contribution in [0.3, 0.4) is 0 Å². The number of benzene rings is 1. The van der Waals surface area contributed by atoms with Gasteiger partial charge in [-0.25, -0.2) is 18.1 Å². The molecule has 1 aliphatic heterocycles. The van der Waals surface area contributed by atoms with Crippen LogP contribution in [0.15, 0.2) is 59.9 Å². The van der Waals surface area contributed by atoms with Gasteiger partial charge in [-0.3, -0.25) is 4.98 Å². The Morgan fingerprint density at radius 1 is 1.14 bits per heavy atom. The van der Waals surface area contributed by atoms with Crippen molar-refractivity contribution in [2.75, 3.05) is 50.1 Å². The van der Waals surface area contributed by atoms with Gasteiger partial charge in [0, 0.05) is 60.8 Å². The number of hydrogen-bond donors (Lipinski definition) is 3. The van der Waals surface area contributed by atoms with E-state index in [1.165, 1.54) is 7.05 Å². The van der Waals surface area contributed by atoms with Crippen molar-refractivity contribution in [1.82, 2.24) is 24.7 Å². The Hall–Kier alpha value is -3.54. The van der Waals surface area contributed by atoms with E-state index in [4.69, 9.17) is 14.7 Å². The zero-order valence-corrected chi connectivity index (χ0v) is 20.2. The zero-order valence-electron chi connectivity index (χ0n) is 19.4. The first-order valence-electron chi connectivity index (χ1n) is 11.4. The highest BCUT2D eigenvalue weighted by Crippen LogP contribution is 2.32. The predicted molar refractivity (Wildman–Crippen MR) is 135 cm³/mol. The Morgan fingerprint density at radius 3 is 2.77 bits per heavy atom. The summed E-state index contributed by atoms with van der Waals surface area (Å²) in [7, 11) is -2.24. The predicted octanol–water partition coefficient (Wildman–Crippen LogP) is 2.42. The SMILES string of the molecule is CNS(=O)(=O)c1cc(-c2cc(N3CCOCC3)nc(NCCc3cccnc3)n2)c2cc[nH]c2c1. The van der Waals surface area contributed by atoms with E-state index >= 15 is 0 Å². The number of pyridine rings is 1. The van der Waals surface area contributed by atoms with E-state index < -0.39 is 10.0 Å². The molecule has 3 aromatic heterocycles. The summed E-state index contributed by atoms with van der Waals surface area (Å²) in [5, 5.41) is 4.22. The number of sulfonamides is 1. The highest BCUT2D eigenvalue weighted by molar-refractivity contribution is 7.89. The second-order valence-corrected chi connectivity index (χ2v) is 10.1. The van der Waals surface area contributed by atoms with Crippen LogP contribution in [0.5, 0.6) is 0 Å². The maximum atomic E-state index is 12.6. The first-order valence-corrected chi connectivity index (χ1v) is 12.9. The second-order valence-electron chi connectivity index (χ2n) is 8.19. The molecule has 0 saturated carbocycles. The molecule has 4 heterocycles. The average molecular weight is 494 g/mol. The summed E-state index contributed by atoms with van der Waals surface area (Å²) in [6, 6.07) is 11.1. The number of hydrogen-bond acceptors (Lipinski definition) is 8. The van der Waals surface area contributed by atoms with E-state index in [0.717, 1.165) is 36.3 Å². The van der Waals surface area contributed by atoms with Gasteiger partial charge in [0.15, 0.2) is 0 Å². The average Bonchev–Trinajstić information content (AvgIpc) is 3.38. The number of aromatic amines is 1. The monoisotopic (exact) mass is 493 g/mol. The number of aromatic nitrogens is 4. The van der Waals surface area contributed by atoms with Gasteiger partial charge in [0.1, 0.15) is 5.82 Å². The molecule has 0 aliphatic carbocycles. The van der Waals surface area contributed by atoms with Crippen LogP contribution < -0.4 is 14.9 Å². The molecule has 4 aromatic rings. The molecule has 182 valence electrons. The Labute approximate surface area is 203 Å². The first kappa shape index (κ1) is 23.2. The topological polar surface area (TPSA) is 125 Å². The lowest BCUT2D eigenvalue weighted by Crippen LogP contribution is -2.37. The fourth-order valence-corrected chi connectivity index (χ4v) is 4.88. The third kappa shape index (κ3) is 5.11. The molecular formula is C24H27N7O3S. The van der Waals surface area contributed by atoms with Gasteiger partial charge in [-0.15, -0.1) is 0 Å². The number of H-pyrrole nitrogens is 1. The van der Waals surface area contributed by atoms with E-state index in [2.05, 4.69) is 24.9 Å². The summed E-state index contributed by atoms with van der Waals surface area (Å²) < 4.78 is 33.1. The van der Waals surface area contributed by atoms with E-state index in [0.29, 0.717) is 42.5 Å². The van der Waals surface area contributed by atoms with Crippen LogP contribution in [0, 0.1) is 0 Å². The summed E-state index contributed by atoms with van der Waals surface area (Å²) in [6.45, 7) is 3.33. The molecule has 35 heavy (non-hydrogen) atoms. The Balaban J connectivity index is 1.55. The lowest BCUT2D eigenvalue weighted by Gasteiger charge is -2.28. The quantitative estimate of drug-likeness (QED) is 0.342. The molecule has 0 spiro atoms. The molecule has 1 saturated heterocycles. The van der Waals surface area contributed by atoms with E-state index in [9.17, 15) is 8.42 Å². The lowest BCUT2D eigenvalue weighted by atomic mass is 10.1. The van der Waals surface area contributed by atoms with Crippen molar-refractivity contribution < 1.29 is 13.2 Å². The summed E-state index contributed by atoms with van der Waals surface area (Å²) in [5.41, 5.74) is 3.19. The Morgan fingerprint density at radius 2 is 2.00 bits per heavy atom. The summed E-state index contributed by atoms with van der Waals surface area (Å²) in [6.07, 6.45) is 6.16. The largest absolute Gasteiger partial charge is 0.378 e. The van der Waals surface area contributed by atoms with Crippen molar-refractivity contribution >= 4 is 32.7 Å². The van der Waals surface area contributed by atoms with Crippen LogP contribution in [0.25, 0.3) is 22.2 Å². The molecular weight excluding hydrogens is 466 g/mol. The zero-order chi connectivity index (χ0) is 24.3. The molecule has 0 radical (unpaired) electrons. The number of morpholine rings is 1. The van der Waals surface area contributed by atoms with Gasteiger partial charge in [-0.05, 0) is 43.3 Å². The highest BCUT2D eigenvalue weighted by atomic mass is 32.2. The van der Waals surface area contributed by atoms with E-state index in [1.807, 2.05) is 30.5 Å². The van der Waals surface area contributed by atoms with Gasteiger partial charge in [0.2, 0.25) is 16.0 Å². The molecule has 10 nitrogen and oxygen atoms in total. The van der Waals surface area contributed by atoms with Crippen molar-refractivity contribution in [2.45, 2.75) is 11.3 Å². The molecule has 0 unspecified atom stereocenters. The van der Waals surface area contributed by atoms with E-state index in [-0.39, 0.29) is 4.90 Å². The molecule has 1 aliphatic rings. The molecule has 1 aromatic carbocycles. The van der Waals surface area contributed by atoms with Crippen LogP contribution in [-0.2, 0) is 21.2 Å². The normalized spacial score (nSPS) is 14.4. The maximum absolute atomic E-state index is 12.6. The second kappa shape index (κ2) is 9.98. The number of nitrogens with zero attached hydrogens (tertiary/aromatic N) is 4. The summed E-state index contributed by atoms with van der Waals surface area (Å²) in [4.78, 5) is 19.2. The minimum atomic E-state index is -3.65. The smallest absolute Gasteiger partial charge is 0.240 e. The maximum Gasteiger partial charge on any atom is 0.240 e. The molecule has 5 rings (SSSR count). The number of fused-ring (bicyclic) bond motifs is 1. The third-order valence-electron chi connectivity index (χ3n) is 5.96. The minimum absolute atomic E-state index is 0.169. The fourth-order valence-electron chi connectivity index (χ4n) is 4.10. The van der Waals surface area contributed by atoms with Gasteiger partial charge < -0.3 is 19.9 Å². The van der Waals surface area contributed by atoms with Crippen LogP contribution in [0.4, 0.5) is 11.8 Å². The number of nitrogens with one attached hydrogen (secondary N) is 3. The number of ether oxygens (including phenoxy) is 1. The standard InChI is InChI=1S/C24H27N7O3S/c1-25-35(32,33)18-13-20(19-5-8-27-21(19)14-18)22-15-23(31-9-11-34-12-10-31)30-24(29-22)28-7-4-17-3-2-6-26-16-17/h2-3,5-6,8,13-16,25,27H,4,7,9-12H2,1H3,(H,28,29,30). The van der Waals surface area contributed by atoms with Crippen molar-refractivity contribution in [3.63, 3.8) is 0 Å². The molecule has 11 heteroatoms. The van der Waals surface area contributed by atoms with Crippen LogP contribution >= 0.6 is 0 Å². The van der Waals surface area contributed by atoms with Gasteiger partial charge in [0.25, 0.3) is 0 Å². The first-order chi connectivity index (χ1) is 17.0. The Kier molecular flexibility index (Phi) is 6.62. The summed E-state index contributed by atoms with van der Waals surface area (Å²) >= 11 is 0. The number of anilines is 2. The molecule has 0 amide bonds. The van der Waals surface area contributed by atoms with Gasteiger partial charge in [-0.1, -0.05) is 6.07 Å². The molecule has 1 fully saturated rings. The van der Waals surface area contributed by atoms with Crippen molar-refractivity contribution in [1.29, 1.82) is 0 Å². The van der Waals surface area contributed by atoms with Gasteiger partial charge in [0.05, 0.1) is 23.8 Å². The van der Waals surface area contributed by atoms with Crippen molar-refractivity contribution in [2.24, 2.45) is 0 Å². The Bertz CT molecular complexity index is 1420. The number of rotatable bonds is 8. The van der Waals surface area contributed by atoms with Gasteiger partial charge in [-0.2, -0.15) is 4.98 Å². The summed E-state index contributed by atoms with van der Waals surface area (Å²) in [5.74, 6) is 1.26. The van der Waals surface area contributed by atoms with Crippen LogP contribution in [0.1, 0.15) is 5.56 Å².